The molecule has 0 saturated carbocycles. The quantitative estimate of drug-likeness (QED) is 0.814. The predicted molar refractivity (Wildman–Crippen MR) is 81.3 cm³/mol. The Hall–Kier alpha value is -0.920. The normalized spacial score (nSPS) is 15.4. The van der Waals surface area contributed by atoms with Crippen LogP contribution in [0.2, 0.25) is 5.02 Å². The Balaban J connectivity index is 2.88. The number of Topliss-reactive ketones (excluding diaryl/α,β-unsaturated/α-hetero) is 1. The molecule has 22 heavy (non-hydrogen) atoms. The van der Waals surface area contributed by atoms with E-state index in [1.54, 1.807) is 20.8 Å². The van der Waals surface area contributed by atoms with Gasteiger partial charge >= 0.3 is 6.18 Å². The van der Waals surface area contributed by atoms with Gasteiger partial charge in [-0.15, -0.1) is 0 Å². The van der Waals surface area contributed by atoms with Crippen LogP contribution >= 0.6 is 11.6 Å². The molecule has 1 aromatic carbocycles. The first kappa shape index (κ1) is 19.1. The van der Waals surface area contributed by atoms with E-state index >= 15 is 0 Å². The van der Waals surface area contributed by atoms with Crippen LogP contribution < -0.4 is 4.72 Å². The minimum absolute atomic E-state index is 0.127. The van der Waals surface area contributed by atoms with E-state index in [1.165, 1.54) is 24.3 Å². The molecule has 2 atom stereocenters. The molecule has 0 aromatic heterocycles. The number of carbonyl (C=O) groups is 1. The van der Waals surface area contributed by atoms with Crippen molar-refractivity contribution in [1.29, 1.82) is 0 Å². The molecule has 124 valence electrons. The van der Waals surface area contributed by atoms with Gasteiger partial charge in [0.05, 0.1) is 15.7 Å². The van der Waals surface area contributed by atoms with Crippen molar-refractivity contribution in [3.05, 3.63) is 34.9 Å². The minimum atomic E-state index is -4.68. The highest BCUT2D eigenvalue weighted by atomic mass is 35.5. The lowest BCUT2D eigenvalue weighted by atomic mass is 10.0. The van der Waals surface area contributed by atoms with Gasteiger partial charge in [0.25, 0.3) is 0 Å². The van der Waals surface area contributed by atoms with Gasteiger partial charge in [-0.05, 0) is 45.0 Å². The first-order valence-corrected chi connectivity index (χ1v) is 7.97. The number of hydrogen-bond donors (Lipinski definition) is 1. The van der Waals surface area contributed by atoms with Crippen LogP contribution in [0, 0.1) is 0 Å². The molecule has 0 aliphatic carbocycles. The molecule has 1 aromatic rings. The average molecular weight is 356 g/mol. The molecule has 0 saturated heterocycles. The molecule has 0 fully saturated rings. The number of ketones is 1. The fourth-order valence-electron chi connectivity index (χ4n) is 1.47. The monoisotopic (exact) mass is 355 g/mol. The summed E-state index contributed by atoms with van der Waals surface area (Å²) >= 11 is 5.67. The van der Waals surface area contributed by atoms with E-state index in [1.807, 2.05) is 4.72 Å². The zero-order valence-corrected chi connectivity index (χ0v) is 13.9. The van der Waals surface area contributed by atoms with Gasteiger partial charge in [0, 0.05) is 17.0 Å². The molecule has 1 rings (SSSR count). The number of rotatable bonds is 5. The molecule has 0 radical (unpaired) electrons. The van der Waals surface area contributed by atoms with Crippen LogP contribution in [0.4, 0.5) is 13.2 Å². The third-order valence-electron chi connectivity index (χ3n) is 2.76. The molecule has 3 nitrogen and oxygen atoms in total. The van der Waals surface area contributed by atoms with Gasteiger partial charge in [0.2, 0.25) is 0 Å². The summed E-state index contributed by atoms with van der Waals surface area (Å²) in [5.41, 5.74) is 0.127. The molecule has 0 unspecified atom stereocenters. The Morgan fingerprint density at radius 1 is 1.23 bits per heavy atom. The lowest BCUT2D eigenvalue weighted by Crippen LogP contribution is -2.48. The maximum Gasteiger partial charge on any atom is 0.405 e. The van der Waals surface area contributed by atoms with E-state index < -0.39 is 40.2 Å². The second-order valence-corrected chi connectivity index (χ2v) is 8.16. The number of alkyl halides is 3. The van der Waals surface area contributed by atoms with Crippen LogP contribution in [0.3, 0.4) is 0 Å². The van der Waals surface area contributed by atoms with E-state index in [-0.39, 0.29) is 5.56 Å². The first-order valence-electron chi connectivity index (χ1n) is 6.45. The Bertz CT molecular complexity index is 553. The molecule has 0 aliphatic heterocycles. The van der Waals surface area contributed by atoms with Crippen LogP contribution in [0.5, 0.6) is 0 Å². The standard InChI is InChI=1S/C14H17ClF3NO2S/c1-13(2,3)22(21)19-12(14(16,17)18)8-11(20)9-4-6-10(15)7-5-9/h4-7,12,19H,8H2,1-3H3/t12-,22-/m0/s1. The molecule has 0 aliphatic rings. The van der Waals surface area contributed by atoms with E-state index in [0.29, 0.717) is 5.02 Å². The Kier molecular flexibility index (Phi) is 6.18. The van der Waals surface area contributed by atoms with Gasteiger partial charge in [-0.3, -0.25) is 4.79 Å². The SMILES string of the molecule is CC(C)(C)[S@](=O)N[C@@H](CC(=O)c1ccc(Cl)cc1)C(F)(F)F. The van der Waals surface area contributed by atoms with E-state index in [4.69, 9.17) is 11.6 Å². The summed E-state index contributed by atoms with van der Waals surface area (Å²) in [6, 6.07) is 3.41. The van der Waals surface area contributed by atoms with Crippen LogP contribution in [0.1, 0.15) is 37.6 Å². The molecular weight excluding hydrogens is 339 g/mol. The van der Waals surface area contributed by atoms with Crippen LogP contribution in [0.25, 0.3) is 0 Å². The highest BCUT2D eigenvalue weighted by molar-refractivity contribution is 7.84. The van der Waals surface area contributed by atoms with Crippen molar-refractivity contribution in [2.75, 3.05) is 0 Å². The van der Waals surface area contributed by atoms with E-state index in [2.05, 4.69) is 0 Å². The number of benzene rings is 1. The van der Waals surface area contributed by atoms with Crippen LogP contribution in [-0.4, -0.2) is 27.0 Å². The Labute approximate surface area is 134 Å². The van der Waals surface area contributed by atoms with Gasteiger partial charge in [-0.1, -0.05) is 11.6 Å². The van der Waals surface area contributed by atoms with Crippen molar-refractivity contribution in [2.24, 2.45) is 0 Å². The third-order valence-corrected chi connectivity index (χ3v) is 4.62. The van der Waals surface area contributed by atoms with Gasteiger partial charge in [-0.25, -0.2) is 8.93 Å². The summed E-state index contributed by atoms with van der Waals surface area (Å²) in [7, 11) is -1.93. The van der Waals surface area contributed by atoms with Crippen LogP contribution in [0.15, 0.2) is 24.3 Å². The summed E-state index contributed by atoms with van der Waals surface area (Å²) in [6.45, 7) is 4.64. The molecular formula is C14H17ClF3NO2S. The molecule has 0 amide bonds. The smallest absolute Gasteiger partial charge is 0.294 e. The number of halogens is 4. The van der Waals surface area contributed by atoms with Crippen molar-refractivity contribution < 1.29 is 22.2 Å². The summed E-state index contributed by atoms with van der Waals surface area (Å²) < 4.78 is 52.1. The summed E-state index contributed by atoms with van der Waals surface area (Å²) in [6.07, 6.45) is -5.50. The molecule has 0 bridgehead atoms. The number of hydrogen-bond acceptors (Lipinski definition) is 2. The molecule has 8 heteroatoms. The van der Waals surface area contributed by atoms with Crippen molar-refractivity contribution in [3.63, 3.8) is 0 Å². The average Bonchev–Trinajstić information content (AvgIpc) is 2.36. The van der Waals surface area contributed by atoms with Crippen LogP contribution in [-0.2, 0) is 11.0 Å². The van der Waals surface area contributed by atoms with Gasteiger partial charge in [0.15, 0.2) is 5.78 Å². The fraction of sp³-hybridized carbons (Fsp3) is 0.500. The molecule has 0 heterocycles. The summed E-state index contributed by atoms with van der Waals surface area (Å²) in [5.74, 6) is -0.697. The van der Waals surface area contributed by atoms with Crippen molar-refractivity contribution in [3.8, 4) is 0 Å². The number of nitrogens with one attached hydrogen (secondary N) is 1. The Morgan fingerprint density at radius 2 is 1.73 bits per heavy atom. The highest BCUT2D eigenvalue weighted by Crippen LogP contribution is 2.26. The van der Waals surface area contributed by atoms with E-state index in [0.717, 1.165) is 0 Å². The Morgan fingerprint density at radius 3 is 2.14 bits per heavy atom. The highest BCUT2D eigenvalue weighted by Gasteiger charge is 2.43. The lowest BCUT2D eigenvalue weighted by molar-refractivity contribution is -0.150. The summed E-state index contributed by atoms with van der Waals surface area (Å²) in [4.78, 5) is 12.0. The van der Waals surface area contributed by atoms with E-state index in [9.17, 15) is 22.2 Å². The zero-order valence-electron chi connectivity index (χ0n) is 12.3. The largest absolute Gasteiger partial charge is 0.405 e. The number of carbonyl (C=O) groups excluding carboxylic acids is 1. The minimum Gasteiger partial charge on any atom is -0.294 e. The second kappa shape index (κ2) is 7.10. The van der Waals surface area contributed by atoms with Gasteiger partial charge < -0.3 is 0 Å². The molecule has 0 spiro atoms. The fourth-order valence-corrected chi connectivity index (χ4v) is 2.42. The maximum absolute atomic E-state index is 13.0. The van der Waals surface area contributed by atoms with Gasteiger partial charge in [0.1, 0.15) is 6.04 Å². The predicted octanol–water partition coefficient (Wildman–Crippen LogP) is 3.90. The van der Waals surface area contributed by atoms with Crippen molar-refractivity contribution in [1.82, 2.24) is 4.72 Å². The van der Waals surface area contributed by atoms with Gasteiger partial charge in [-0.2, -0.15) is 13.2 Å². The first-order chi connectivity index (χ1) is 9.91. The third kappa shape index (κ3) is 5.70. The van der Waals surface area contributed by atoms with Crippen molar-refractivity contribution >= 4 is 28.4 Å². The maximum atomic E-state index is 13.0. The molecule has 1 N–H and O–H groups in total. The van der Waals surface area contributed by atoms with Crippen molar-refractivity contribution in [2.45, 2.75) is 44.2 Å². The lowest BCUT2D eigenvalue weighted by Gasteiger charge is -2.25. The summed E-state index contributed by atoms with van der Waals surface area (Å²) in [5, 5.41) is 0.385. The second-order valence-electron chi connectivity index (χ2n) is 5.73. The zero-order chi connectivity index (χ0) is 17.1. The topological polar surface area (TPSA) is 46.2 Å².